The van der Waals surface area contributed by atoms with E-state index in [4.69, 9.17) is 14.5 Å². The Morgan fingerprint density at radius 1 is 1.11 bits per heavy atom. The van der Waals surface area contributed by atoms with Gasteiger partial charge in [0.1, 0.15) is 0 Å². The van der Waals surface area contributed by atoms with E-state index >= 15 is 0 Å². The molecule has 1 fully saturated rings. The highest BCUT2D eigenvalue weighted by molar-refractivity contribution is 14.0. The second-order valence-electron chi connectivity index (χ2n) is 7.40. The average Bonchev–Trinajstić information content (AvgIpc) is 3.16. The molecule has 0 radical (unpaired) electrons. The quantitative estimate of drug-likeness (QED) is 0.266. The number of benzene rings is 1. The van der Waals surface area contributed by atoms with Crippen LogP contribution in [-0.2, 0) is 22.6 Å². The van der Waals surface area contributed by atoms with Gasteiger partial charge < -0.3 is 20.1 Å². The molecular formula is C22H38IN3O2. The van der Waals surface area contributed by atoms with Crippen molar-refractivity contribution in [2.24, 2.45) is 10.4 Å². The molecule has 6 heteroatoms. The third-order valence-electron chi connectivity index (χ3n) is 5.46. The largest absolute Gasteiger partial charge is 0.385 e. The van der Waals surface area contributed by atoms with Gasteiger partial charge in [-0.2, -0.15) is 0 Å². The van der Waals surface area contributed by atoms with Gasteiger partial charge in [-0.1, -0.05) is 37.1 Å². The van der Waals surface area contributed by atoms with Crippen LogP contribution in [0.15, 0.2) is 29.3 Å². The van der Waals surface area contributed by atoms with Gasteiger partial charge in [0.25, 0.3) is 0 Å². The minimum absolute atomic E-state index is 0. The van der Waals surface area contributed by atoms with Crippen LogP contribution in [-0.4, -0.2) is 39.4 Å². The molecule has 0 aliphatic heterocycles. The summed E-state index contributed by atoms with van der Waals surface area (Å²) in [4.78, 5) is 4.83. The molecule has 5 nitrogen and oxygen atoms in total. The Labute approximate surface area is 188 Å². The van der Waals surface area contributed by atoms with E-state index in [0.717, 1.165) is 38.7 Å². The molecule has 160 valence electrons. The highest BCUT2D eigenvalue weighted by atomic mass is 127. The third-order valence-corrected chi connectivity index (χ3v) is 5.46. The number of rotatable bonds is 11. The summed E-state index contributed by atoms with van der Waals surface area (Å²) in [5.41, 5.74) is 2.78. The highest BCUT2D eigenvalue weighted by Gasteiger charge is 2.33. The van der Waals surface area contributed by atoms with E-state index in [1.54, 1.807) is 7.11 Å². The molecule has 0 amide bonds. The van der Waals surface area contributed by atoms with Crippen molar-refractivity contribution in [1.29, 1.82) is 0 Å². The van der Waals surface area contributed by atoms with E-state index in [-0.39, 0.29) is 24.0 Å². The predicted octanol–water partition coefficient (Wildman–Crippen LogP) is 4.49. The lowest BCUT2D eigenvalue weighted by Crippen LogP contribution is -2.43. The van der Waals surface area contributed by atoms with Crippen molar-refractivity contribution in [1.82, 2.24) is 10.6 Å². The van der Waals surface area contributed by atoms with Crippen molar-refractivity contribution in [2.75, 3.05) is 33.4 Å². The van der Waals surface area contributed by atoms with Gasteiger partial charge in [0.15, 0.2) is 5.96 Å². The Kier molecular flexibility index (Phi) is 12.7. The summed E-state index contributed by atoms with van der Waals surface area (Å²) in [6, 6.07) is 8.39. The molecule has 2 rings (SSSR count). The lowest BCUT2D eigenvalue weighted by Gasteiger charge is -2.30. The van der Waals surface area contributed by atoms with Crippen molar-refractivity contribution >= 4 is 29.9 Å². The first kappa shape index (κ1) is 25.2. The van der Waals surface area contributed by atoms with Crippen LogP contribution in [0.1, 0.15) is 57.1 Å². The van der Waals surface area contributed by atoms with Gasteiger partial charge in [0, 0.05) is 33.4 Å². The molecule has 0 unspecified atom stereocenters. The first-order valence-electron chi connectivity index (χ1n) is 10.4. The summed E-state index contributed by atoms with van der Waals surface area (Å²) in [6.07, 6.45) is 6.32. The molecule has 0 saturated heterocycles. The van der Waals surface area contributed by atoms with Gasteiger partial charge >= 0.3 is 0 Å². The van der Waals surface area contributed by atoms with Crippen LogP contribution in [0.4, 0.5) is 0 Å². The van der Waals surface area contributed by atoms with Crippen LogP contribution in [0, 0.1) is 5.41 Å². The van der Waals surface area contributed by atoms with E-state index in [0.29, 0.717) is 18.6 Å². The lowest BCUT2D eigenvalue weighted by molar-refractivity contribution is 0.133. The first-order chi connectivity index (χ1) is 13.2. The Morgan fingerprint density at radius 3 is 2.46 bits per heavy atom. The Hall–Kier alpha value is -0.860. The fourth-order valence-electron chi connectivity index (χ4n) is 3.80. The van der Waals surface area contributed by atoms with Crippen LogP contribution in [0.2, 0.25) is 0 Å². The molecule has 1 saturated carbocycles. The fourth-order valence-corrected chi connectivity index (χ4v) is 3.80. The van der Waals surface area contributed by atoms with Crippen molar-refractivity contribution < 1.29 is 9.47 Å². The van der Waals surface area contributed by atoms with Crippen molar-refractivity contribution in [3.63, 3.8) is 0 Å². The normalized spacial score (nSPS) is 15.9. The van der Waals surface area contributed by atoms with Gasteiger partial charge in [0.2, 0.25) is 0 Å². The highest BCUT2D eigenvalue weighted by Crippen LogP contribution is 2.40. The second kappa shape index (κ2) is 14.2. The van der Waals surface area contributed by atoms with Crippen LogP contribution < -0.4 is 10.6 Å². The predicted molar refractivity (Wildman–Crippen MR) is 127 cm³/mol. The molecule has 1 aromatic rings. The molecule has 0 heterocycles. The summed E-state index contributed by atoms with van der Waals surface area (Å²) in [7, 11) is 1.79. The third kappa shape index (κ3) is 8.25. The van der Waals surface area contributed by atoms with Crippen LogP contribution in [0.3, 0.4) is 0 Å². The summed E-state index contributed by atoms with van der Waals surface area (Å²) in [6.45, 7) is 8.81. The summed E-state index contributed by atoms with van der Waals surface area (Å²) < 4.78 is 10.9. The Morgan fingerprint density at radius 2 is 1.82 bits per heavy atom. The van der Waals surface area contributed by atoms with Crippen LogP contribution in [0.25, 0.3) is 0 Å². The Bertz CT molecular complexity index is 575. The molecule has 0 aromatic heterocycles. The minimum Gasteiger partial charge on any atom is -0.385 e. The lowest BCUT2D eigenvalue weighted by atomic mass is 9.83. The molecule has 0 atom stereocenters. The topological polar surface area (TPSA) is 54.9 Å². The van der Waals surface area contributed by atoms with E-state index in [1.165, 1.54) is 36.8 Å². The zero-order valence-electron chi connectivity index (χ0n) is 17.8. The fraction of sp³-hybridized carbons (Fsp3) is 0.682. The number of ether oxygens (including phenoxy) is 2. The van der Waals surface area contributed by atoms with Crippen molar-refractivity contribution in [3.8, 4) is 0 Å². The van der Waals surface area contributed by atoms with E-state index in [9.17, 15) is 0 Å². The summed E-state index contributed by atoms with van der Waals surface area (Å²) >= 11 is 0. The number of nitrogens with zero attached hydrogens (tertiary/aromatic N) is 1. The maximum atomic E-state index is 5.59. The van der Waals surface area contributed by atoms with Crippen LogP contribution >= 0.6 is 24.0 Å². The Balaban J connectivity index is 0.00000392. The first-order valence-corrected chi connectivity index (χ1v) is 10.4. The van der Waals surface area contributed by atoms with E-state index < -0.39 is 0 Å². The second-order valence-corrected chi connectivity index (χ2v) is 7.40. The smallest absolute Gasteiger partial charge is 0.191 e. The number of aliphatic imine (C=N–C) groups is 1. The van der Waals surface area contributed by atoms with Gasteiger partial charge in [-0.05, 0) is 49.7 Å². The number of hydrogen-bond donors (Lipinski definition) is 2. The standard InChI is InChI=1S/C22H37N3O2.HI/c1-4-23-21(25-18-22(14-15-26-3)12-8-9-13-22)24-16-19-10-6-7-11-20(19)17-27-5-2;/h6-7,10-11H,4-5,8-9,12-18H2,1-3H3,(H2,23,24,25);1H. The molecule has 0 spiro atoms. The maximum Gasteiger partial charge on any atom is 0.191 e. The zero-order chi connectivity index (χ0) is 19.4. The van der Waals surface area contributed by atoms with Crippen molar-refractivity contribution in [3.05, 3.63) is 35.4 Å². The zero-order valence-corrected chi connectivity index (χ0v) is 20.1. The molecular weight excluding hydrogens is 465 g/mol. The van der Waals surface area contributed by atoms with Gasteiger partial charge in [-0.25, -0.2) is 4.99 Å². The molecule has 0 bridgehead atoms. The molecule has 28 heavy (non-hydrogen) atoms. The molecule has 1 aliphatic carbocycles. The maximum absolute atomic E-state index is 5.59. The van der Waals surface area contributed by atoms with Crippen LogP contribution in [0.5, 0.6) is 0 Å². The minimum atomic E-state index is 0. The molecule has 2 N–H and O–H groups in total. The van der Waals surface area contributed by atoms with Crippen molar-refractivity contribution in [2.45, 2.75) is 59.1 Å². The number of halogens is 1. The number of methoxy groups -OCH3 is 1. The summed E-state index contributed by atoms with van der Waals surface area (Å²) in [5.74, 6) is 0.896. The van der Waals surface area contributed by atoms with E-state index in [2.05, 4.69) is 41.8 Å². The number of nitrogens with one attached hydrogen (secondary N) is 2. The molecule has 1 aliphatic rings. The van der Waals surface area contributed by atoms with Gasteiger partial charge in [-0.3, -0.25) is 0 Å². The SMILES string of the molecule is CCNC(=NCc1ccccc1COCC)NCC1(CCOC)CCCC1.I. The molecule has 1 aromatic carbocycles. The number of hydrogen-bond acceptors (Lipinski definition) is 3. The van der Waals surface area contributed by atoms with E-state index in [1.807, 2.05) is 6.92 Å². The average molecular weight is 503 g/mol. The number of guanidine groups is 1. The monoisotopic (exact) mass is 503 g/mol. The summed E-state index contributed by atoms with van der Waals surface area (Å²) in [5, 5.41) is 6.99. The van der Waals surface area contributed by atoms with Gasteiger partial charge in [0.05, 0.1) is 13.2 Å². The van der Waals surface area contributed by atoms with Gasteiger partial charge in [-0.15, -0.1) is 24.0 Å².